The number of para-hydroxylation sites is 3. The third kappa shape index (κ3) is 6.52. The number of esters is 1. The maximum absolute atomic E-state index is 13.0. The van der Waals surface area contributed by atoms with Gasteiger partial charge in [-0.2, -0.15) is 0 Å². The summed E-state index contributed by atoms with van der Waals surface area (Å²) < 4.78 is 5.33. The van der Waals surface area contributed by atoms with Gasteiger partial charge in [-0.25, -0.2) is 4.79 Å². The van der Waals surface area contributed by atoms with Crippen LogP contribution in [0.2, 0.25) is 0 Å². The van der Waals surface area contributed by atoms with Gasteiger partial charge in [0.1, 0.15) is 0 Å². The molecule has 4 aromatic carbocycles. The van der Waals surface area contributed by atoms with Crippen LogP contribution in [0.5, 0.6) is 0 Å². The predicted octanol–water partition coefficient (Wildman–Crippen LogP) is 6.02. The van der Waals surface area contributed by atoms with Gasteiger partial charge in [-0.1, -0.05) is 54.6 Å². The number of amides is 1. The number of hydrogen-bond acceptors (Lipinski definition) is 4. The molecule has 0 unspecified atom stereocenters. The van der Waals surface area contributed by atoms with E-state index in [2.05, 4.69) is 10.6 Å². The van der Waals surface area contributed by atoms with Gasteiger partial charge < -0.3 is 15.4 Å². The van der Waals surface area contributed by atoms with Crippen molar-refractivity contribution in [2.45, 2.75) is 0 Å². The summed E-state index contributed by atoms with van der Waals surface area (Å²) in [5.74, 6) is -0.942. The molecule has 0 bridgehead atoms. The number of carbonyl (C=O) groups is 2. The Bertz CT molecular complexity index is 1240. The molecular formula is C28H23N3O3S. The fourth-order valence-corrected chi connectivity index (χ4v) is 3.61. The molecule has 0 saturated carbocycles. The third-order valence-corrected chi connectivity index (χ3v) is 5.22. The Morgan fingerprint density at radius 3 is 1.63 bits per heavy atom. The Morgan fingerprint density at radius 1 is 0.657 bits per heavy atom. The SMILES string of the molecule is O=C(OCC(=O)N(c1ccccc1)c1ccccc1)c1ccc(NC(=S)Nc2ccccc2)cc1. The Labute approximate surface area is 209 Å². The first-order valence-electron chi connectivity index (χ1n) is 10.9. The summed E-state index contributed by atoms with van der Waals surface area (Å²) in [6.07, 6.45) is 0. The molecule has 7 heteroatoms. The van der Waals surface area contributed by atoms with Crippen LogP contribution in [-0.4, -0.2) is 23.6 Å². The number of nitrogens with zero attached hydrogens (tertiary/aromatic N) is 1. The largest absolute Gasteiger partial charge is 0.452 e. The number of anilines is 4. The Kier molecular flexibility index (Phi) is 7.83. The molecule has 0 aliphatic heterocycles. The molecule has 4 rings (SSSR count). The molecule has 0 aliphatic rings. The zero-order valence-corrected chi connectivity index (χ0v) is 19.6. The maximum Gasteiger partial charge on any atom is 0.338 e. The summed E-state index contributed by atoms with van der Waals surface area (Å²) in [6.45, 7) is -0.395. The molecule has 6 nitrogen and oxygen atoms in total. The van der Waals surface area contributed by atoms with Gasteiger partial charge in [-0.15, -0.1) is 0 Å². The van der Waals surface area contributed by atoms with Gasteiger partial charge in [0.15, 0.2) is 11.7 Å². The number of carbonyl (C=O) groups excluding carboxylic acids is 2. The zero-order valence-electron chi connectivity index (χ0n) is 18.8. The van der Waals surface area contributed by atoms with E-state index in [9.17, 15) is 9.59 Å². The maximum atomic E-state index is 13.0. The van der Waals surface area contributed by atoms with Crippen molar-refractivity contribution in [2.24, 2.45) is 0 Å². The predicted molar refractivity (Wildman–Crippen MR) is 143 cm³/mol. The molecular weight excluding hydrogens is 458 g/mol. The molecule has 0 aliphatic carbocycles. The molecule has 0 heterocycles. The molecule has 4 aromatic rings. The van der Waals surface area contributed by atoms with Crippen LogP contribution in [0.4, 0.5) is 22.7 Å². The van der Waals surface area contributed by atoms with Crippen molar-refractivity contribution in [3.8, 4) is 0 Å². The molecule has 2 N–H and O–H groups in total. The second-order valence-corrected chi connectivity index (χ2v) is 7.91. The van der Waals surface area contributed by atoms with Crippen molar-refractivity contribution < 1.29 is 14.3 Å². The highest BCUT2D eigenvalue weighted by atomic mass is 32.1. The van der Waals surface area contributed by atoms with Crippen LogP contribution in [0.1, 0.15) is 10.4 Å². The van der Waals surface area contributed by atoms with Crippen molar-refractivity contribution in [3.63, 3.8) is 0 Å². The lowest BCUT2D eigenvalue weighted by molar-refractivity contribution is -0.120. The lowest BCUT2D eigenvalue weighted by atomic mass is 10.2. The van der Waals surface area contributed by atoms with Crippen molar-refractivity contribution in [1.29, 1.82) is 0 Å². The van der Waals surface area contributed by atoms with Gasteiger partial charge in [0.25, 0.3) is 5.91 Å². The monoisotopic (exact) mass is 481 g/mol. The highest BCUT2D eigenvalue weighted by Crippen LogP contribution is 2.25. The average molecular weight is 482 g/mol. The lowest BCUT2D eigenvalue weighted by Gasteiger charge is -2.22. The van der Waals surface area contributed by atoms with E-state index in [1.807, 2.05) is 91.0 Å². The van der Waals surface area contributed by atoms with Gasteiger partial charge in [0.2, 0.25) is 0 Å². The summed E-state index contributed by atoms with van der Waals surface area (Å²) >= 11 is 5.32. The van der Waals surface area contributed by atoms with Crippen molar-refractivity contribution in [3.05, 3.63) is 121 Å². The fraction of sp³-hybridized carbons (Fsp3) is 0.0357. The summed E-state index contributed by atoms with van der Waals surface area (Å²) in [5.41, 5.74) is 3.29. The molecule has 0 radical (unpaired) electrons. The number of thiocarbonyl (C=S) groups is 1. The van der Waals surface area contributed by atoms with Crippen LogP contribution < -0.4 is 15.5 Å². The molecule has 0 atom stereocenters. The molecule has 174 valence electrons. The Morgan fingerprint density at radius 2 is 1.11 bits per heavy atom. The summed E-state index contributed by atoms with van der Waals surface area (Å²) in [6, 6.07) is 34.7. The van der Waals surface area contributed by atoms with Crippen molar-refractivity contribution in [2.75, 3.05) is 22.1 Å². The van der Waals surface area contributed by atoms with Crippen molar-refractivity contribution in [1.82, 2.24) is 0 Å². The number of rotatable bonds is 7. The smallest absolute Gasteiger partial charge is 0.338 e. The molecule has 0 spiro atoms. The van der Waals surface area contributed by atoms with Crippen LogP contribution in [0.25, 0.3) is 0 Å². The Hall–Kier alpha value is -4.49. The van der Waals surface area contributed by atoms with Gasteiger partial charge in [-0.05, 0) is 72.9 Å². The topological polar surface area (TPSA) is 70.7 Å². The van der Waals surface area contributed by atoms with Crippen LogP contribution in [-0.2, 0) is 9.53 Å². The van der Waals surface area contributed by atoms with Crippen LogP contribution >= 0.6 is 12.2 Å². The standard InChI is InChI=1S/C28H23N3O3S/c32-26(31(24-12-6-2-7-13-24)25-14-8-3-9-15-25)20-34-27(33)21-16-18-23(19-17-21)30-28(35)29-22-10-4-1-5-11-22/h1-19H,20H2,(H2,29,30,35). The third-order valence-electron chi connectivity index (χ3n) is 5.02. The molecule has 1 amide bonds. The second kappa shape index (κ2) is 11.6. The van der Waals surface area contributed by atoms with E-state index in [0.29, 0.717) is 27.7 Å². The first-order valence-corrected chi connectivity index (χ1v) is 11.3. The van der Waals surface area contributed by atoms with E-state index in [-0.39, 0.29) is 5.91 Å². The second-order valence-electron chi connectivity index (χ2n) is 7.50. The number of nitrogens with one attached hydrogen (secondary N) is 2. The molecule has 35 heavy (non-hydrogen) atoms. The highest BCUT2D eigenvalue weighted by Gasteiger charge is 2.20. The van der Waals surface area contributed by atoms with Gasteiger partial charge >= 0.3 is 5.97 Å². The highest BCUT2D eigenvalue weighted by molar-refractivity contribution is 7.80. The first kappa shape index (κ1) is 23.7. The van der Waals surface area contributed by atoms with Crippen LogP contribution in [0.3, 0.4) is 0 Å². The normalized spacial score (nSPS) is 10.2. The van der Waals surface area contributed by atoms with E-state index in [1.165, 1.54) is 4.90 Å². The summed E-state index contributed by atoms with van der Waals surface area (Å²) in [5, 5.41) is 6.58. The van der Waals surface area contributed by atoms with E-state index in [1.54, 1.807) is 24.3 Å². The molecule has 0 saturated heterocycles. The van der Waals surface area contributed by atoms with Crippen molar-refractivity contribution >= 4 is 52.0 Å². The summed E-state index contributed by atoms with van der Waals surface area (Å²) in [4.78, 5) is 27.1. The average Bonchev–Trinajstić information content (AvgIpc) is 2.89. The minimum atomic E-state index is -0.587. The Balaban J connectivity index is 1.36. The van der Waals surface area contributed by atoms with Gasteiger partial charge in [0, 0.05) is 22.7 Å². The van der Waals surface area contributed by atoms with Gasteiger partial charge in [0.05, 0.1) is 5.56 Å². The number of hydrogen-bond donors (Lipinski definition) is 2. The van der Waals surface area contributed by atoms with E-state index >= 15 is 0 Å². The van der Waals surface area contributed by atoms with Gasteiger partial charge in [-0.3, -0.25) is 9.69 Å². The summed E-state index contributed by atoms with van der Waals surface area (Å²) in [7, 11) is 0. The first-order chi connectivity index (χ1) is 17.1. The lowest BCUT2D eigenvalue weighted by Crippen LogP contribution is -2.30. The van der Waals surface area contributed by atoms with E-state index in [4.69, 9.17) is 17.0 Å². The fourth-order valence-electron chi connectivity index (χ4n) is 3.37. The minimum Gasteiger partial charge on any atom is -0.452 e. The minimum absolute atomic E-state index is 0.330. The van der Waals surface area contributed by atoms with Crippen LogP contribution in [0, 0.1) is 0 Å². The molecule has 0 aromatic heterocycles. The molecule has 0 fully saturated rings. The number of ether oxygens (including phenoxy) is 1. The zero-order chi connectivity index (χ0) is 24.5. The number of benzene rings is 4. The van der Waals surface area contributed by atoms with E-state index < -0.39 is 12.6 Å². The van der Waals surface area contributed by atoms with E-state index in [0.717, 1.165) is 5.69 Å². The quantitative estimate of drug-likeness (QED) is 0.249. The van der Waals surface area contributed by atoms with Crippen LogP contribution in [0.15, 0.2) is 115 Å².